The Kier molecular flexibility index (Phi) is 2.32. The van der Waals surface area contributed by atoms with Gasteiger partial charge in [-0.05, 0) is 6.07 Å². The summed E-state index contributed by atoms with van der Waals surface area (Å²) in [5.41, 5.74) is -0.162. The molecule has 1 aliphatic rings. The number of likely N-dealkylation sites (N-methyl/N-ethyl adjacent to an activating group) is 1. The van der Waals surface area contributed by atoms with Gasteiger partial charge < -0.3 is 15.1 Å². The number of nitrogens with zero attached hydrogens (tertiary/aromatic N) is 2. The number of rotatable bonds is 1. The van der Waals surface area contributed by atoms with E-state index >= 15 is 0 Å². The van der Waals surface area contributed by atoms with Crippen LogP contribution in [-0.2, 0) is 0 Å². The molecule has 1 aromatic carbocycles. The Morgan fingerprint density at radius 3 is 2.44 bits per heavy atom. The Hall–Kier alpha value is -1.34. The third-order valence-corrected chi connectivity index (χ3v) is 2.66. The molecule has 16 heavy (non-hydrogen) atoms. The SMILES string of the molecule is C[N+]1([O-])CC(=N)[N+]([O-])(c2ccccc2F)C1. The van der Waals surface area contributed by atoms with Gasteiger partial charge in [0, 0.05) is 6.07 Å². The van der Waals surface area contributed by atoms with Crippen LogP contribution in [0.15, 0.2) is 24.3 Å². The fourth-order valence-electron chi connectivity index (χ4n) is 1.95. The molecule has 0 spiro atoms. The van der Waals surface area contributed by atoms with Crippen LogP contribution in [0.4, 0.5) is 10.1 Å². The number of hydrogen-bond acceptors (Lipinski definition) is 3. The number of hydrogen-bond donors (Lipinski definition) is 1. The Bertz CT molecular complexity index is 449. The van der Waals surface area contributed by atoms with Gasteiger partial charge in [-0.1, -0.05) is 12.1 Å². The maximum Gasteiger partial charge on any atom is 0.262 e. The minimum Gasteiger partial charge on any atom is -0.628 e. The maximum absolute atomic E-state index is 13.5. The number of halogens is 1. The molecule has 0 aromatic heterocycles. The van der Waals surface area contributed by atoms with Crippen LogP contribution in [0.25, 0.3) is 0 Å². The van der Waals surface area contributed by atoms with Gasteiger partial charge in [0.15, 0.2) is 18.0 Å². The van der Waals surface area contributed by atoms with E-state index in [0.717, 1.165) is 6.07 Å². The monoisotopic (exact) mass is 225 g/mol. The van der Waals surface area contributed by atoms with Crippen molar-refractivity contribution in [2.75, 3.05) is 20.3 Å². The molecule has 1 aromatic rings. The molecular formula is C10H12FN3O2. The van der Waals surface area contributed by atoms with E-state index in [1.54, 1.807) is 0 Å². The van der Waals surface area contributed by atoms with Gasteiger partial charge >= 0.3 is 0 Å². The van der Waals surface area contributed by atoms with Gasteiger partial charge in [-0.3, -0.25) is 0 Å². The highest BCUT2D eigenvalue weighted by Gasteiger charge is 2.44. The second kappa shape index (κ2) is 3.33. The van der Waals surface area contributed by atoms with Crippen molar-refractivity contribution in [3.63, 3.8) is 0 Å². The van der Waals surface area contributed by atoms with Gasteiger partial charge in [-0.25, -0.2) is 14.4 Å². The quantitative estimate of drug-likeness (QED) is 0.581. The summed E-state index contributed by atoms with van der Waals surface area (Å²) in [7, 11) is 1.31. The van der Waals surface area contributed by atoms with E-state index < -0.39 is 15.1 Å². The Morgan fingerprint density at radius 2 is 1.94 bits per heavy atom. The number of benzene rings is 1. The first-order chi connectivity index (χ1) is 7.35. The van der Waals surface area contributed by atoms with Crippen molar-refractivity contribution in [2.45, 2.75) is 0 Å². The molecule has 2 unspecified atom stereocenters. The number of quaternary nitrogens is 2. The lowest BCUT2D eigenvalue weighted by atomic mass is 10.2. The van der Waals surface area contributed by atoms with Gasteiger partial charge in [0.1, 0.15) is 0 Å². The van der Waals surface area contributed by atoms with Crippen molar-refractivity contribution in [1.82, 2.24) is 4.65 Å². The average Bonchev–Trinajstić information content (AvgIpc) is 2.36. The second-order valence-corrected chi connectivity index (χ2v) is 4.23. The largest absolute Gasteiger partial charge is 0.628 e. The normalized spacial score (nSPS) is 34.4. The number of amidine groups is 1. The number of hydroxylamine groups is 5. The topological polar surface area (TPSA) is 70.0 Å². The summed E-state index contributed by atoms with van der Waals surface area (Å²) in [5, 5.41) is 31.6. The van der Waals surface area contributed by atoms with Gasteiger partial charge in [0.2, 0.25) is 6.67 Å². The predicted molar refractivity (Wildman–Crippen MR) is 58.6 cm³/mol. The summed E-state index contributed by atoms with van der Waals surface area (Å²) in [6, 6.07) is 5.48. The summed E-state index contributed by atoms with van der Waals surface area (Å²) >= 11 is 0. The van der Waals surface area contributed by atoms with E-state index in [1.165, 1.54) is 25.2 Å². The molecule has 5 nitrogen and oxygen atoms in total. The fourth-order valence-corrected chi connectivity index (χ4v) is 1.95. The van der Waals surface area contributed by atoms with Gasteiger partial charge in [0.05, 0.1) is 7.05 Å². The van der Waals surface area contributed by atoms with Crippen LogP contribution in [0.1, 0.15) is 0 Å². The minimum absolute atomic E-state index is 0.162. The second-order valence-electron chi connectivity index (χ2n) is 4.23. The molecule has 86 valence electrons. The van der Waals surface area contributed by atoms with Gasteiger partial charge in [-0.15, -0.1) is 0 Å². The van der Waals surface area contributed by atoms with Crippen molar-refractivity contribution in [2.24, 2.45) is 0 Å². The molecule has 6 heteroatoms. The van der Waals surface area contributed by atoms with Crippen LogP contribution in [0, 0.1) is 21.6 Å². The average molecular weight is 225 g/mol. The summed E-state index contributed by atoms with van der Waals surface area (Å²) in [4.78, 5) is 0. The van der Waals surface area contributed by atoms with Crippen LogP contribution in [-0.4, -0.2) is 30.7 Å². The van der Waals surface area contributed by atoms with E-state index in [0.29, 0.717) is 0 Å². The molecule has 1 N–H and O–H groups in total. The zero-order valence-corrected chi connectivity index (χ0v) is 8.81. The zero-order chi connectivity index (χ0) is 12.0. The highest BCUT2D eigenvalue weighted by molar-refractivity contribution is 5.93. The predicted octanol–water partition coefficient (Wildman–Crippen LogP) is 1.52. The molecule has 1 saturated heterocycles. The first-order valence-electron chi connectivity index (χ1n) is 4.83. The lowest BCUT2D eigenvalue weighted by Gasteiger charge is -2.38. The summed E-state index contributed by atoms with van der Waals surface area (Å²) < 4.78 is 11.4. The molecule has 0 aliphatic carbocycles. The van der Waals surface area contributed by atoms with E-state index in [-0.39, 0.29) is 24.7 Å². The van der Waals surface area contributed by atoms with E-state index in [1.807, 2.05) is 0 Å². The molecule has 1 heterocycles. The summed E-state index contributed by atoms with van der Waals surface area (Å²) in [5.74, 6) is -0.980. The number of nitrogens with one attached hydrogen (secondary N) is 1. The van der Waals surface area contributed by atoms with Crippen molar-refractivity contribution >= 4 is 11.5 Å². The van der Waals surface area contributed by atoms with Crippen LogP contribution in [0.3, 0.4) is 0 Å². The molecule has 0 amide bonds. The van der Waals surface area contributed by atoms with E-state index in [4.69, 9.17) is 5.41 Å². The van der Waals surface area contributed by atoms with Crippen molar-refractivity contribution in [3.8, 4) is 0 Å². The molecule has 2 atom stereocenters. The standard InChI is InChI=1S/C10H12FN3O2/c1-13(15)6-10(12)14(16,7-13)9-5-3-2-4-8(9)11/h2-5,12H,6-7H2,1H3. The third kappa shape index (κ3) is 1.61. The molecule has 0 bridgehead atoms. The lowest BCUT2D eigenvalue weighted by Crippen LogP contribution is -2.48. The third-order valence-electron chi connectivity index (χ3n) is 2.66. The number of para-hydroxylation sites is 1. The summed E-state index contributed by atoms with van der Waals surface area (Å²) in [6.07, 6.45) is 0. The molecule has 0 saturated carbocycles. The highest BCUT2D eigenvalue weighted by Crippen LogP contribution is 2.31. The maximum atomic E-state index is 13.5. The lowest BCUT2D eigenvalue weighted by molar-refractivity contribution is -0.848. The van der Waals surface area contributed by atoms with Crippen LogP contribution < -0.4 is 4.65 Å². The summed E-state index contributed by atoms with van der Waals surface area (Å²) in [6.45, 7) is -0.586. The van der Waals surface area contributed by atoms with Crippen molar-refractivity contribution in [1.29, 1.82) is 5.41 Å². The fraction of sp³-hybridized carbons (Fsp3) is 0.300. The smallest absolute Gasteiger partial charge is 0.262 e. The van der Waals surface area contributed by atoms with Crippen LogP contribution in [0.2, 0.25) is 0 Å². The van der Waals surface area contributed by atoms with E-state index in [9.17, 15) is 14.8 Å². The molecule has 2 rings (SSSR count). The molecule has 1 fully saturated rings. The molecule has 0 radical (unpaired) electrons. The molecular weight excluding hydrogens is 213 g/mol. The van der Waals surface area contributed by atoms with Crippen molar-refractivity contribution in [3.05, 3.63) is 40.5 Å². The van der Waals surface area contributed by atoms with Crippen LogP contribution in [0.5, 0.6) is 0 Å². The Morgan fingerprint density at radius 1 is 1.31 bits per heavy atom. The Labute approximate surface area is 92.2 Å². The van der Waals surface area contributed by atoms with Crippen molar-refractivity contribution < 1.29 is 9.04 Å². The van der Waals surface area contributed by atoms with Gasteiger partial charge in [0.25, 0.3) is 5.84 Å². The minimum atomic E-state index is -1.29. The highest BCUT2D eigenvalue weighted by atomic mass is 19.1. The first kappa shape index (κ1) is 11.2. The van der Waals surface area contributed by atoms with Gasteiger partial charge in [-0.2, -0.15) is 0 Å². The Balaban J connectivity index is 2.48. The zero-order valence-electron chi connectivity index (χ0n) is 8.81. The van der Waals surface area contributed by atoms with Crippen LogP contribution >= 0.6 is 0 Å². The molecule has 1 aliphatic heterocycles. The first-order valence-corrected chi connectivity index (χ1v) is 4.83. The van der Waals surface area contributed by atoms with E-state index in [2.05, 4.69) is 0 Å².